The Balaban J connectivity index is 4.54. The Hall–Kier alpha value is -1.66. The summed E-state index contributed by atoms with van der Waals surface area (Å²) in [6.45, 7) is 6.48. The zero-order chi connectivity index (χ0) is 44.5. The van der Waals surface area contributed by atoms with E-state index in [2.05, 4.69) is 50.4 Å². The van der Waals surface area contributed by atoms with Crippen molar-refractivity contribution < 1.29 is 24.5 Å². The molecule has 0 heterocycles. The smallest absolute Gasteiger partial charge is 0.306 e. The third kappa shape index (κ3) is 44.7. The summed E-state index contributed by atoms with van der Waals surface area (Å²) in [5.74, 6) is -0.486. The molecule has 0 fully saturated rings. The van der Waals surface area contributed by atoms with Gasteiger partial charge in [0.25, 0.3) is 0 Å². The van der Waals surface area contributed by atoms with Crippen LogP contribution in [0.5, 0.6) is 0 Å². The fourth-order valence-corrected chi connectivity index (χ4v) is 8.36. The largest absolute Gasteiger partial charge is 0.462 e. The fraction of sp³-hybridized carbons (Fsp3) is 0.891. The van der Waals surface area contributed by atoms with Gasteiger partial charge in [0.15, 0.2) is 0 Å². The first kappa shape index (κ1) is 59.3. The number of rotatable bonds is 49. The van der Waals surface area contributed by atoms with Gasteiger partial charge in [0.2, 0.25) is 5.91 Å². The van der Waals surface area contributed by atoms with Gasteiger partial charge in [0, 0.05) is 6.42 Å². The van der Waals surface area contributed by atoms with Crippen molar-refractivity contribution >= 4 is 11.9 Å². The van der Waals surface area contributed by atoms with E-state index in [1.165, 1.54) is 173 Å². The number of amides is 1. The predicted molar refractivity (Wildman–Crippen MR) is 264 cm³/mol. The number of carbonyl (C=O) groups excluding carboxylic acids is 2. The van der Waals surface area contributed by atoms with Crippen LogP contribution in [0.1, 0.15) is 290 Å². The summed E-state index contributed by atoms with van der Waals surface area (Å²) >= 11 is 0. The van der Waals surface area contributed by atoms with Crippen LogP contribution in [-0.2, 0) is 14.3 Å². The van der Waals surface area contributed by atoms with Gasteiger partial charge < -0.3 is 20.3 Å². The first-order valence-corrected chi connectivity index (χ1v) is 27.1. The molecule has 0 radical (unpaired) electrons. The molecular weight excluding hydrogens is 755 g/mol. The molecule has 360 valence electrons. The molecule has 3 atom stereocenters. The first-order chi connectivity index (χ1) is 30.0. The van der Waals surface area contributed by atoms with Crippen LogP contribution in [0.4, 0.5) is 0 Å². The molecule has 0 aliphatic rings. The molecule has 0 saturated heterocycles. The predicted octanol–water partition coefficient (Wildman–Crippen LogP) is 16.3. The zero-order valence-corrected chi connectivity index (χ0v) is 41.1. The Labute approximate surface area is 380 Å². The van der Waals surface area contributed by atoms with E-state index in [-0.39, 0.29) is 24.9 Å². The van der Waals surface area contributed by atoms with Crippen LogP contribution in [0.25, 0.3) is 0 Å². The Morgan fingerprint density at radius 2 is 0.787 bits per heavy atom. The number of unbranched alkanes of at least 4 members (excludes halogenated alkanes) is 33. The Bertz CT molecular complexity index is 966. The number of hydrogen-bond acceptors (Lipinski definition) is 5. The average Bonchev–Trinajstić information content (AvgIpc) is 3.25. The van der Waals surface area contributed by atoms with Gasteiger partial charge >= 0.3 is 5.97 Å². The van der Waals surface area contributed by atoms with Crippen molar-refractivity contribution in [2.75, 3.05) is 6.61 Å². The number of hydrogen-bond donors (Lipinski definition) is 3. The zero-order valence-electron chi connectivity index (χ0n) is 41.1. The molecule has 6 nitrogen and oxygen atoms in total. The number of ether oxygens (including phenoxy) is 1. The van der Waals surface area contributed by atoms with Gasteiger partial charge in [-0.2, -0.15) is 0 Å². The maximum atomic E-state index is 13.2. The lowest BCUT2D eigenvalue weighted by Gasteiger charge is -2.24. The fourth-order valence-electron chi connectivity index (χ4n) is 8.36. The monoisotopic (exact) mass is 860 g/mol. The quantitative estimate of drug-likeness (QED) is 0.0322. The molecule has 0 aliphatic heterocycles. The van der Waals surface area contributed by atoms with Crippen LogP contribution in [0.2, 0.25) is 0 Å². The summed E-state index contributed by atoms with van der Waals surface area (Å²) in [4.78, 5) is 26.2. The molecule has 3 unspecified atom stereocenters. The van der Waals surface area contributed by atoms with Crippen molar-refractivity contribution in [2.45, 2.75) is 309 Å². The van der Waals surface area contributed by atoms with Crippen molar-refractivity contribution in [3.63, 3.8) is 0 Å². The number of carbonyl (C=O) groups is 2. The molecule has 0 aliphatic carbocycles. The molecule has 0 aromatic heterocycles. The second kappa shape index (κ2) is 49.4. The highest BCUT2D eigenvalue weighted by molar-refractivity contribution is 5.77. The van der Waals surface area contributed by atoms with E-state index in [0.717, 1.165) is 70.6 Å². The second-order valence-electron chi connectivity index (χ2n) is 18.6. The Morgan fingerprint density at radius 1 is 0.459 bits per heavy atom. The van der Waals surface area contributed by atoms with E-state index in [4.69, 9.17) is 4.74 Å². The molecule has 3 N–H and O–H groups in total. The molecule has 0 bridgehead atoms. The van der Waals surface area contributed by atoms with E-state index in [1.807, 2.05) is 0 Å². The molecule has 61 heavy (non-hydrogen) atoms. The molecule has 0 aromatic rings. The van der Waals surface area contributed by atoms with E-state index >= 15 is 0 Å². The van der Waals surface area contributed by atoms with Gasteiger partial charge in [-0.25, -0.2) is 0 Å². The van der Waals surface area contributed by atoms with Crippen molar-refractivity contribution in [1.82, 2.24) is 5.32 Å². The van der Waals surface area contributed by atoms with Gasteiger partial charge in [0.05, 0.1) is 25.2 Å². The number of aliphatic hydroxyl groups is 2. The van der Waals surface area contributed by atoms with Crippen molar-refractivity contribution in [3.8, 4) is 0 Å². The summed E-state index contributed by atoms with van der Waals surface area (Å²) in [7, 11) is 0. The van der Waals surface area contributed by atoms with E-state index < -0.39 is 18.2 Å². The van der Waals surface area contributed by atoms with Crippen molar-refractivity contribution in [2.24, 2.45) is 0 Å². The highest BCUT2D eigenvalue weighted by atomic mass is 16.5. The van der Waals surface area contributed by atoms with Gasteiger partial charge in [-0.1, -0.05) is 225 Å². The summed E-state index contributed by atoms with van der Waals surface area (Å²) < 4.78 is 5.93. The second-order valence-corrected chi connectivity index (χ2v) is 18.6. The maximum absolute atomic E-state index is 13.2. The molecule has 0 rings (SSSR count). The minimum absolute atomic E-state index is 0.0677. The molecule has 1 amide bonds. The van der Waals surface area contributed by atoms with E-state index in [9.17, 15) is 19.8 Å². The van der Waals surface area contributed by atoms with Crippen LogP contribution in [0.15, 0.2) is 24.3 Å². The SMILES string of the molecule is CCCCCCCCC/C=C/CCCCCC(CC(=O)NC(CO)C(O)CCCCCCCCCCCC)OC(=O)CCCCCCC/C=C/CCCCCCCCCCC. The number of nitrogens with one attached hydrogen (secondary N) is 1. The van der Waals surface area contributed by atoms with Crippen LogP contribution in [-0.4, -0.2) is 46.9 Å². The van der Waals surface area contributed by atoms with Gasteiger partial charge in [-0.3, -0.25) is 9.59 Å². The van der Waals surface area contributed by atoms with Gasteiger partial charge in [-0.15, -0.1) is 0 Å². The topological polar surface area (TPSA) is 95.9 Å². The number of esters is 1. The van der Waals surface area contributed by atoms with Gasteiger partial charge in [-0.05, 0) is 77.0 Å². The highest BCUT2D eigenvalue weighted by Gasteiger charge is 2.24. The molecular formula is C55H105NO5. The summed E-state index contributed by atoms with van der Waals surface area (Å²) in [5, 5.41) is 23.7. The maximum Gasteiger partial charge on any atom is 0.306 e. The van der Waals surface area contributed by atoms with Crippen LogP contribution < -0.4 is 5.32 Å². The lowest BCUT2D eigenvalue weighted by molar-refractivity contribution is -0.151. The van der Waals surface area contributed by atoms with Crippen molar-refractivity contribution in [1.29, 1.82) is 0 Å². The molecule has 6 heteroatoms. The van der Waals surface area contributed by atoms with Crippen molar-refractivity contribution in [3.05, 3.63) is 24.3 Å². The molecule has 0 saturated carbocycles. The lowest BCUT2D eigenvalue weighted by Crippen LogP contribution is -2.46. The van der Waals surface area contributed by atoms with E-state index in [0.29, 0.717) is 19.3 Å². The minimum Gasteiger partial charge on any atom is -0.462 e. The number of aliphatic hydroxyl groups excluding tert-OH is 2. The summed E-state index contributed by atoms with van der Waals surface area (Å²) in [5.41, 5.74) is 0. The van der Waals surface area contributed by atoms with Crippen LogP contribution in [0.3, 0.4) is 0 Å². The minimum atomic E-state index is -0.789. The molecule has 0 spiro atoms. The first-order valence-electron chi connectivity index (χ1n) is 27.1. The normalized spacial score (nSPS) is 13.3. The molecule has 0 aromatic carbocycles. The van der Waals surface area contributed by atoms with Crippen LogP contribution >= 0.6 is 0 Å². The number of allylic oxidation sites excluding steroid dienone is 4. The van der Waals surface area contributed by atoms with Gasteiger partial charge in [0.1, 0.15) is 6.10 Å². The van der Waals surface area contributed by atoms with E-state index in [1.54, 1.807) is 0 Å². The van der Waals surface area contributed by atoms with Crippen LogP contribution in [0, 0.1) is 0 Å². The third-order valence-electron chi connectivity index (χ3n) is 12.5. The highest BCUT2D eigenvalue weighted by Crippen LogP contribution is 2.18. The Kier molecular flexibility index (Phi) is 48.0. The third-order valence-corrected chi connectivity index (χ3v) is 12.5. The summed E-state index contributed by atoms with van der Waals surface area (Å²) in [6, 6.07) is -0.703. The Morgan fingerprint density at radius 3 is 1.18 bits per heavy atom. The summed E-state index contributed by atoms with van der Waals surface area (Å²) in [6.07, 6.45) is 56.7. The average molecular weight is 860 g/mol. The lowest BCUT2D eigenvalue weighted by atomic mass is 10.0. The standard InChI is InChI=1S/C55H105NO5/c1-4-7-10-13-16-19-22-24-26-27-28-29-31-33-36-39-42-45-48-55(60)61-51(46-43-40-37-34-32-30-25-23-20-17-14-11-8-5-2)49-54(59)56-52(50-57)53(58)47-44-41-38-35-21-18-15-12-9-6-3/h28-30,32,51-53,57-58H,4-27,31,33-50H2,1-3H3,(H,56,59)/b29-28+,32-30+.